The van der Waals surface area contributed by atoms with Gasteiger partial charge in [0, 0.05) is 12.5 Å². The van der Waals surface area contributed by atoms with Gasteiger partial charge in [-0.1, -0.05) is 102 Å². The third-order valence-corrected chi connectivity index (χ3v) is 8.08. The van der Waals surface area contributed by atoms with Gasteiger partial charge in [-0.3, -0.25) is 0 Å². The minimum Gasteiger partial charge on any atom is -0.390 e. The van der Waals surface area contributed by atoms with Crippen LogP contribution in [-0.4, -0.2) is 23.4 Å². The monoisotopic (exact) mass is 488 g/mol. The van der Waals surface area contributed by atoms with E-state index in [0.717, 1.165) is 44.6 Å². The Bertz CT molecular complexity index is 639. The maximum atomic E-state index is 10.6. The van der Waals surface area contributed by atoms with Crippen LogP contribution in [0.5, 0.6) is 0 Å². The molecule has 0 saturated heterocycles. The molecule has 1 aliphatic rings. The number of allylic oxidation sites excluding steroid dienone is 4. The highest BCUT2D eigenvalue weighted by atomic mass is 16.5. The van der Waals surface area contributed by atoms with Gasteiger partial charge in [-0.2, -0.15) is 0 Å². The Kier molecular flexibility index (Phi) is 16.9. The molecule has 2 nitrogen and oxygen atoms in total. The van der Waals surface area contributed by atoms with Crippen LogP contribution in [0, 0.1) is 11.8 Å². The Balaban J connectivity index is 2.34. The van der Waals surface area contributed by atoms with Crippen LogP contribution < -0.4 is 0 Å². The van der Waals surface area contributed by atoms with Crippen LogP contribution in [0.4, 0.5) is 0 Å². The molecule has 1 aliphatic carbocycles. The predicted octanol–water partition coefficient (Wildman–Crippen LogP) is 10.1. The van der Waals surface area contributed by atoms with Gasteiger partial charge in [-0.25, -0.2) is 0 Å². The molecule has 0 amide bonds. The number of hydrogen-bond donors (Lipinski definition) is 1. The second-order valence-corrected chi connectivity index (χ2v) is 11.9. The summed E-state index contributed by atoms with van der Waals surface area (Å²) in [6.07, 6.45) is 24.9. The van der Waals surface area contributed by atoms with Crippen molar-refractivity contribution < 1.29 is 9.84 Å². The molecular formula is C33H60O2. The van der Waals surface area contributed by atoms with Crippen LogP contribution in [0.1, 0.15) is 145 Å². The summed E-state index contributed by atoms with van der Waals surface area (Å²) in [5.41, 5.74) is 3.94. The minimum atomic E-state index is -0.503. The third kappa shape index (κ3) is 14.5. The third-order valence-electron chi connectivity index (χ3n) is 8.08. The van der Waals surface area contributed by atoms with Crippen LogP contribution in [0.3, 0.4) is 0 Å². The van der Waals surface area contributed by atoms with Crippen molar-refractivity contribution in [3.8, 4) is 0 Å². The van der Waals surface area contributed by atoms with E-state index in [1.165, 1.54) is 80.9 Å². The Morgan fingerprint density at radius 3 is 2.46 bits per heavy atom. The lowest BCUT2D eigenvalue weighted by atomic mass is 9.83. The van der Waals surface area contributed by atoms with Crippen LogP contribution in [-0.2, 0) is 4.74 Å². The zero-order valence-corrected chi connectivity index (χ0v) is 24.6. The second-order valence-electron chi connectivity index (χ2n) is 11.9. The number of ether oxygens (including phenoxy) is 1. The molecule has 0 heterocycles. The molecule has 0 bridgehead atoms. The predicted molar refractivity (Wildman–Crippen MR) is 155 cm³/mol. The number of rotatable bonds is 20. The number of aliphatic hydroxyl groups is 1. The van der Waals surface area contributed by atoms with E-state index in [1.807, 2.05) is 6.92 Å². The summed E-state index contributed by atoms with van der Waals surface area (Å²) < 4.78 is 6.42. The first-order valence-electron chi connectivity index (χ1n) is 15.1. The van der Waals surface area contributed by atoms with Crippen molar-refractivity contribution in [3.63, 3.8) is 0 Å². The van der Waals surface area contributed by atoms with Crippen LogP contribution in [0.25, 0.3) is 0 Å². The zero-order valence-electron chi connectivity index (χ0n) is 24.6. The Morgan fingerprint density at radius 1 is 1.03 bits per heavy atom. The SMILES string of the molecule is CCCCCCOC1C(CCC(C)CCC/C(C)=C/CCC(C)(O)CCCCC)=CC=C(C)C1C. The molecule has 4 unspecified atom stereocenters. The van der Waals surface area contributed by atoms with Crippen molar-refractivity contribution in [1.82, 2.24) is 0 Å². The number of hydrogen-bond acceptors (Lipinski definition) is 2. The quantitative estimate of drug-likeness (QED) is 0.136. The molecule has 204 valence electrons. The molecule has 0 aromatic rings. The van der Waals surface area contributed by atoms with Crippen molar-refractivity contribution in [2.45, 2.75) is 156 Å². The van der Waals surface area contributed by atoms with Crippen molar-refractivity contribution >= 4 is 0 Å². The molecule has 1 N–H and O–H groups in total. The van der Waals surface area contributed by atoms with E-state index in [4.69, 9.17) is 4.74 Å². The summed E-state index contributed by atoms with van der Waals surface area (Å²) in [6.45, 7) is 16.7. The average Bonchev–Trinajstić information content (AvgIpc) is 2.80. The first kappa shape index (κ1) is 32.2. The lowest BCUT2D eigenvalue weighted by molar-refractivity contribution is 0.0403. The Labute approximate surface area is 219 Å². The molecule has 0 saturated carbocycles. The van der Waals surface area contributed by atoms with Gasteiger partial charge in [0.1, 0.15) is 0 Å². The molecule has 0 fully saturated rings. The molecule has 0 radical (unpaired) electrons. The summed E-state index contributed by atoms with van der Waals surface area (Å²) in [4.78, 5) is 0. The summed E-state index contributed by atoms with van der Waals surface area (Å²) in [7, 11) is 0. The van der Waals surface area contributed by atoms with E-state index in [0.29, 0.717) is 5.92 Å². The van der Waals surface area contributed by atoms with Crippen molar-refractivity contribution in [2.24, 2.45) is 11.8 Å². The van der Waals surface area contributed by atoms with Gasteiger partial charge >= 0.3 is 0 Å². The molecule has 0 aromatic carbocycles. The van der Waals surface area contributed by atoms with Gasteiger partial charge in [-0.05, 0) is 83.6 Å². The summed E-state index contributed by atoms with van der Waals surface area (Å²) in [5.74, 6) is 1.24. The van der Waals surface area contributed by atoms with Gasteiger partial charge in [-0.15, -0.1) is 0 Å². The highest BCUT2D eigenvalue weighted by molar-refractivity contribution is 5.29. The fourth-order valence-corrected chi connectivity index (χ4v) is 5.16. The zero-order chi connectivity index (χ0) is 26.1. The van der Waals surface area contributed by atoms with Crippen molar-refractivity contribution in [2.75, 3.05) is 6.61 Å². The van der Waals surface area contributed by atoms with Crippen LogP contribution in [0.15, 0.2) is 34.9 Å². The standard InChI is InChI=1S/C33H60O2/c1-8-10-12-14-26-35-32-30(6)29(5)21-23-31(32)22-20-28(4)18-15-17-27(3)19-16-25-33(7,34)24-13-11-9-2/h19,21,23,28,30,32,34H,8-18,20,22,24-26H2,1-7H3/b27-19+. The summed E-state index contributed by atoms with van der Waals surface area (Å²) >= 11 is 0. The van der Waals surface area contributed by atoms with Gasteiger partial charge in [0.15, 0.2) is 0 Å². The average molecular weight is 489 g/mol. The fraction of sp³-hybridized carbons (Fsp3) is 0.818. The highest BCUT2D eigenvalue weighted by Gasteiger charge is 2.26. The first-order valence-corrected chi connectivity index (χ1v) is 15.1. The topological polar surface area (TPSA) is 29.5 Å². The lowest BCUT2D eigenvalue weighted by Gasteiger charge is -2.31. The van der Waals surface area contributed by atoms with E-state index in [-0.39, 0.29) is 6.10 Å². The second kappa shape index (κ2) is 18.4. The van der Waals surface area contributed by atoms with Crippen molar-refractivity contribution in [3.05, 3.63) is 34.9 Å². The molecule has 4 atom stereocenters. The van der Waals surface area contributed by atoms with E-state index < -0.39 is 5.60 Å². The molecule has 0 spiro atoms. The molecule has 0 aromatic heterocycles. The highest BCUT2D eigenvalue weighted by Crippen LogP contribution is 2.32. The minimum absolute atomic E-state index is 0.276. The van der Waals surface area contributed by atoms with E-state index in [2.05, 4.69) is 59.8 Å². The maximum Gasteiger partial charge on any atom is 0.0850 e. The van der Waals surface area contributed by atoms with Crippen LogP contribution in [0.2, 0.25) is 0 Å². The van der Waals surface area contributed by atoms with Gasteiger partial charge in [0.2, 0.25) is 0 Å². The van der Waals surface area contributed by atoms with E-state index >= 15 is 0 Å². The normalized spacial score (nSPS) is 21.4. The summed E-state index contributed by atoms with van der Waals surface area (Å²) in [5, 5.41) is 10.6. The van der Waals surface area contributed by atoms with Gasteiger partial charge in [0.05, 0.1) is 11.7 Å². The fourth-order valence-electron chi connectivity index (χ4n) is 5.16. The maximum absolute atomic E-state index is 10.6. The van der Waals surface area contributed by atoms with E-state index in [1.54, 1.807) is 0 Å². The van der Waals surface area contributed by atoms with Gasteiger partial charge < -0.3 is 9.84 Å². The molecule has 0 aliphatic heterocycles. The molecule has 35 heavy (non-hydrogen) atoms. The largest absolute Gasteiger partial charge is 0.390 e. The van der Waals surface area contributed by atoms with E-state index in [9.17, 15) is 5.11 Å². The lowest BCUT2D eigenvalue weighted by Crippen LogP contribution is -2.28. The Hall–Kier alpha value is -0.860. The Morgan fingerprint density at radius 2 is 1.74 bits per heavy atom. The summed E-state index contributed by atoms with van der Waals surface area (Å²) in [6, 6.07) is 0. The van der Waals surface area contributed by atoms with Gasteiger partial charge in [0.25, 0.3) is 0 Å². The molecular weight excluding hydrogens is 428 g/mol. The molecule has 1 rings (SSSR count). The van der Waals surface area contributed by atoms with Crippen molar-refractivity contribution in [1.29, 1.82) is 0 Å². The number of unbranched alkanes of at least 4 members (excludes halogenated alkanes) is 5. The molecule has 2 heteroatoms. The van der Waals surface area contributed by atoms with Crippen LogP contribution >= 0.6 is 0 Å². The first-order chi connectivity index (χ1) is 16.7. The smallest absolute Gasteiger partial charge is 0.0850 e.